The lowest BCUT2D eigenvalue weighted by Gasteiger charge is -2.32. The molecule has 2 atom stereocenters. The van der Waals surface area contributed by atoms with Crippen LogP contribution >= 0.6 is 0 Å². The topological polar surface area (TPSA) is 56.3 Å². The van der Waals surface area contributed by atoms with Crippen LogP contribution in [-0.4, -0.2) is 35.3 Å². The van der Waals surface area contributed by atoms with E-state index >= 15 is 0 Å². The van der Waals surface area contributed by atoms with Crippen molar-refractivity contribution in [3.8, 4) is 5.88 Å². The quantitative estimate of drug-likeness (QED) is 0.923. The Hall–Kier alpha value is -1.36. The summed E-state index contributed by atoms with van der Waals surface area (Å²) in [4.78, 5) is 9.16. The van der Waals surface area contributed by atoms with Crippen molar-refractivity contribution in [2.24, 2.45) is 0 Å². The molecule has 1 aliphatic heterocycles. The van der Waals surface area contributed by atoms with E-state index in [0.717, 1.165) is 30.0 Å². The highest BCUT2D eigenvalue weighted by Gasteiger charge is 2.27. The first kappa shape index (κ1) is 16.0. The highest BCUT2D eigenvalue weighted by molar-refractivity contribution is 5.48. The summed E-state index contributed by atoms with van der Waals surface area (Å²) in [5.41, 5.74) is 0.966. The average Bonchev–Trinajstić information content (AvgIpc) is 2.39. The lowest BCUT2D eigenvalue weighted by atomic mass is 10.0. The zero-order chi connectivity index (χ0) is 15.6. The van der Waals surface area contributed by atoms with E-state index in [1.54, 1.807) is 0 Å². The summed E-state index contributed by atoms with van der Waals surface area (Å²) in [7, 11) is 1.88. The Balaban J connectivity index is 2.24. The van der Waals surface area contributed by atoms with Gasteiger partial charge in [-0.3, -0.25) is 0 Å². The molecule has 1 aromatic heterocycles. The summed E-state index contributed by atoms with van der Waals surface area (Å²) in [6.07, 6.45) is 2.42. The maximum absolute atomic E-state index is 6.19. The molecule has 1 aliphatic rings. The Bertz CT molecular complexity index is 481. The molecule has 0 aromatic carbocycles. The molecule has 118 valence electrons. The molecule has 21 heavy (non-hydrogen) atoms. The minimum atomic E-state index is 0.155. The predicted molar refractivity (Wildman–Crippen MR) is 84.1 cm³/mol. The van der Waals surface area contributed by atoms with Crippen LogP contribution in [0.1, 0.15) is 57.8 Å². The Morgan fingerprint density at radius 1 is 1.19 bits per heavy atom. The Morgan fingerprint density at radius 2 is 1.81 bits per heavy atom. The number of rotatable bonds is 4. The Morgan fingerprint density at radius 3 is 2.33 bits per heavy atom. The van der Waals surface area contributed by atoms with E-state index in [1.807, 2.05) is 14.0 Å². The highest BCUT2D eigenvalue weighted by atomic mass is 16.5. The van der Waals surface area contributed by atoms with Gasteiger partial charge < -0.3 is 14.8 Å². The first-order valence-corrected chi connectivity index (χ1v) is 7.79. The zero-order valence-corrected chi connectivity index (χ0v) is 13.9. The molecule has 5 heteroatoms. The molecule has 0 aliphatic carbocycles. The molecule has 1 aromatic rings. The van der Waals surface area contributed by atoms with Crippen molar-refractivity contribution in [3.63, 3.8) is 0 Å². The van der Waals surface area contributed by atoms with Gasteiger partial charge in [-0.15, -0.1) is 0 Å². The maximum atomic E-state index is 6.19. The van der Waals surface area contributed by atoms with Gasteiger partial charge >= 0.3 is 0 Å². The molecule has 1 saturated heterocycles. The normalized spacial score (nSPS) is 26.0. The van der Waals surface area contributed by atoms with Crippen LogP contribution in [-0.2, 0) is 4.74 Å². The molecule has 0 amide bonds. The lowest BCUT2D eigenvalue weighted by Crippen LogP contribution is -2.36. The van der Waals surface area contributed by atoms with E-state index in [0.29, 0.717) is 5.88 Å². The third-order valence-corrected chi connectivity index (χ3v) is 3.80. The molecule has 0 saturated carbocycles. The second kappa shape index (κ2) is 6.60. The minimum absolute atomic E-state index is 0.155. The summed E-state index contributed by atoms with van der Waals surface area (Å²) in [6.45, 7) is 10.4. The van der Waals surface area contributed by atoms with Crippen LogP contribution in [0.2, 0.25) is 0 Å². The molecule has 2 unspecified atom stereocenters. The van der Waals surface area contributed by atoms with Gasteiger partial charge in [-0.25, -0.2) is 4.98 Å². The van der Waals surface area contributed by atoms with Crippen LogP contribution in [0.5, 0.6) is 5.88 Å². The molecule has 1 N–H and O–H groups in total. The van der Waals surface area contributed by atoms with Gasteiger partial charge in [0, 0.05) is 25.8 Å². The van der Waals surface area contributed by atoms with Crippen molar-refractivity contribution in [3.05, 3.63) is 11.4 Å². The summed E-state index contributed by atoms with van der Waals surface area (Å²) >= 11 is 0. The van der Waals surface area contributed by atoms with Crippen molar-refractivity contribution < 1.29 is 9.47 Å². The van der Waals surface area contributed by atoms with Crippen molar-refractivity contribution in [2.45, 2.75) is 71.7 Å². The second-order valence-electron chi connectivity index (χ2n) is 6.23. The molecular weight excluding hydrogens is 266 g/mol. The number of nitrogens with zero attached hydrogens (tertiary/aromatic N) is 2. The van der Waals surface area contributed by atoms with Crippen LogP contribution in [0.3, 0.4) is 0 Å². The van der Waals surface area contributed by atoms with Gasteiger partial charge in [0.1, 0.15) is 17.7 Å². The van der Waals surface area contributed by atoms with Gasteiger partial charge in [-0.2, -0.15) is 4.98 Å². The number of hydrogen-bond acceptors (Lipinski definition) is 5. The number of ether oxygens (including phenoxy) is 2. The van der Waals surface area contributed by atoms with Gasteiger partial charge in [-0.1, -0.05) is 13.8 Å². The van der Waals surface area contributed by atoms with E-state index in [9.17, 15) is 0 Å². The van der Waals surface area contributed by atoms with Gasteiger partial charge in [0.15, 0.2) is 0 Å². The summed E-state index contributed by atoms with van der Waals surface area (Å²) < 4.78 is 12.0. The molecular formula is C16H27N3O2. The molecule has 0 radical (unpaired) electrons. The van der Waals surface area contributed by atoms with E-state index in [4.69, 9.17) is 9.47 Å². The van der Waals surface area contributed by atoms with Gasteiger partial charge in [0.25, 0.3) is 0 Å². The first-order chi connectivity index (χ1) is 9.90. The van der Waals surface area contributed by atoms with Crippen molar-refractivity contribution in [1.82, 2.24) is 9.97 Å². The van der Waals surface area contributed by atoms with Crippen molar-refractivity contribution >= 4 is 5.82 Å². The fraction of sp³-hybridized carbons (Fsp3) is 0.750. The summed E-state index contributed by atoms with van der Waals surface area (Å²) in [6, 6.07) is 0. The van der Waals surface area contributed by atoms with Gasteiger partial charge in [0.2, 0.25) is 5.88 Å². The molecule has 2 heterocycles. The van der Waals surface area contributed by atoms with Crippen molar-refractivity contribution in [2.75, 3.05) is 12.4 Å². The van der Waals surface area contributed by atoms with Crippen molar-refractivity contribution in [1.29, 1.82) is 0 Å². The van der Waals surface area contributed by atoms with E-state index in [2.05, 4.69) is 43.0 Å². The largest absolute Gasteiger partial charge is 0.474 e. The Kier molecular flexibility index (Phi) is 5.04. The smallest absolute Gasteiger partial charge is 0.222 e. The molecule has 5 nitrogen and oxygen atoms in total. The molecule has 0 bridgehead atoms. The average molecular weight is 293 g/mol. The van der Waals surface area contributed by atoms with Crippen LogP contribution in [0.25, 0.3) is 0 Å². The summed E-state index contributed by atoms with van der Waals surface area (Å²) in [5.74, 6) is 2.63. The second-order valence-corrected chi connectivity index (χ2v) is 6.23. The predicted octanol–water partition coefficient (Wildman–Crippen LogP) is 3.28. The number of hydrogen-bond donors (Lipinski definition) is 1. The van der Waals surface area contributed by atoms with Crippen LogP contribution < -0.4 is 10.1 Å². The molecule has 1 fully saturated rings. The fourth-order valence-corrected chi connectivity index (χ4v) is 2.73. The number of aromatic nitrogens is 2. The fourth-order valence-electron chi connectivity index (χ4n) is 2.73. The molecule has 2 rings (SSSR count). The highest BCUT2D eigenvalue weighted by Crippen LogP contribution is 2.29. The van der Waals surface area contributed by atoms with E-state index in [-0.39, 0.29) is 24.2 Å². The maximum Gasteiger partial charge on any atom is 0.222 e. The van der Waals surface area contributed by atoms with Gasteiger partial charge in [0.05, 0.1) is 17.8 Å². The van der Waals surface area contributed by atoms with Crippen LogP contribution in [0, 0.1) is 6.92 Å². The van der Waals surface area contributed by atoms with E-state index < -0.39 is 0 Å². The monoisotopic (exact) mass is 293 g/mol. The zero-order valence-electron chi connectivity index (χ0n) is 13.9. The SMILES string of the molecule is CNc1nc(C(C)C)nc(OC2CC(C)OC(C)C2)c1C. The molecule has 0 spiro atoms. The number of anilines is 1. The van der Waals surface area contributed by atoms with Crippen LogP contribution in [0.15, 0.2) is 0 Å². The third kappa shape index (κ3) is 3.84. The third-order valence-electron chi connectivity index (χ3n) is 3.80. The Labute approximate surface area is 127 Å². The van der Waals surface area contributed by atoms with Crippen LogP contribution in [0.4, 0.5) is 5.82 Å². The van der Waals surface area contributed by atoms with E-state index in [1.165, 1.54) is 0 Å². The standard InChI is InChI=1S/C16H27N3O2/c1-9(2)14-18-15(17-6)12(5)16(19-14)21-13-7-10(3)20-11(4)8-13/h9-11,13H,7-8H2,1-6H3,(H,17,18,19). The lowest BCUT2D eigenvalue weighted by molar-refractivity contribution is -0.0731. The minimum Gasteiger partial charge on any atom is -0.474 e. The van der Waals surface area contributed by atoms with Gasteiger partial charge in [-0.05, 0) is 20.8 Å². The first-order valence-electron chi connectivity index (χ1n) is 7.79. The number of nitrogens with one attached hydrogen (secondary N) is 1. The summed E-state index contributed by atoms with van der Waals surface area (Å²) in [5, 5.41) is 3.13.